The normalized spacial score (nSPS) is 16.9. The summed E-state index contributed by atoms with van der Waals surface area (Å²) < 4.78 is 0. The van der Waals surface area contributed by atoms with Gasteiger partial charge in [0.25, 0.3) is 0 Å². The summed E-state index contributed by atoms with van der Waals surface area (Å²) in [6.07, 6.45) is 0. The van der Waals surface area contributed by atoms with Crippen LogP contribution in [0.15, 0.2) is 24.3 Å². The van der Waals surface area contributed by atoms with Gasteiger partial charge < -0.3 is 15.1 Å². The third kappa shape index (κ3) is 4.11. The van der Waals surface area contributed by atoms with Crippen molar-refractivity contribution >= 4 is 23.2 Å². The van der Waals surface area contributed by atoms with Gasteiger partial charge in [-0.05, 0) is 18.7 Å². The molecule has 1 heterocycles. The summed E-state index contributed by atoms with van der Waals surface area (Å²) in [4.78, 5) is 16.6. The van der Waals surface area contributed by atoms with Crippen molar-refractivity contribution < 1.29 is 4.79 Å². The molecule has 1 aliphatic rings. The minimum atomic E-state index is 0.0387. The zero-order valence-electron chi connectivity index (χ0n) is 12.8. The quantitative estimate of drug-likeness (QED) is 0.906. The van der Waals surface area contributed by atoms with Crippen LogP contribution in [0.3, 0.4) is 0 Å². The minimum absolute atomic E-state index is 0.0387. The molecule has 116 valence electrons. The van der Waals surface area contributed by atoms with E-state index in [9.17, 15) is 4.79 Å². The average molecular weight is 310 g/mol. The fourth-order valence-electron chi connectivity index (χ4n) is 2.64. The number of amides is 1. The van der Waals surface area contributed by atoms with Gasteiger partial charge in [0.2, 0.25) is 5.91 Å². The zero-order valence-corrected chi connectivity index (χ0v) is 13.6. The van der Waals surface area contributed by atoms with E-state index in [1.807, 2.05) is 36.1 Å². The summed E-state index contributed by atoms with van der Waals surface area (Å²) in [5.41, 5.74) is 1.06. The molecule has 1 unspecified atom stereocenters. The van der Waals surface area contributed by atoms with E-state index >= 15 is 0 Å². The van der Waals surface area contributed by atoms with Gasteiger partial charge in [0.1, 0.15) is 0 Å². The van der Waals surface area contributed by atoms with Crippen LogP contribution in [0.1, 0.15) is 13.8 Å². The number of benzene rings is 1. The molecule has 0 aromatic heterocycles. The number of anilines is 1. The van der Waals surface area contributed by atoms with Crippen LogP contribution in [0.4, 0.5) is 5.69 Å². The summed E-state index contributed by atoms with van der Waals surface area (Å²) in [5, 5.41) is 4.01. The molecule has 0 spiro atoms. The van der Waals surface area contributed by atoms with Crippen molar-refractivity contribution in [3.8, 4) is 0 Å². The first-order valence-corrected chi connectivity index (χ1v) is 8.00. The van der Waals surface area contributed by atoms with Crippen molar-refractivity contribution in [2.45, 2.75) is 13.8 Å². The lowest BCUT2D eigenvalue weighted by Crippen LogP contribution is -2.51. The smallest absolute Gasteiger partial charge is 0.226 e. The molecule has 1 fully saturated rings. The number of nitrogens with one attached hydrogen (secondary N) is 1. The SMILES string of the molecule is CCNCC(C)C(=O)N1CCN(c2ccccc2Cl)CC1. The van der Waals surface area contributed by atoms with Gasteiger partial charge in [0.15, 0.2) is 0 Å². The summed E-state index contributed by atoms with van der Waals surface area (Å²) in [6.45, 7) is 8.90. The van der Waals surface area contributed by atoms with Gasteiger partial charge >= 0.3 is 0 Å². The van der Waals surface area contributed by atoms with Crippen LogP contribution < -0.4 is 10.2 Å². The van der Waals surface area contributed by atoms with Gasteiger partial charge in [0, 0.05) is 38.6 Å². The summed E-state index contributed by atoms with van der Waals surface area (Å²) in [5.74, 6) is 0.284. The number of piperazine rings is 1. The summed E-state index contributed by atoms with van der Waals surface area (Å²) in [7, 11) is 0. The first-order chi connectivity index (χ1) is 10.1. The predicted molar refractivity (Wildman–Crippen MR) is 88.0 cm³/mol. The number of rotatable bonds is 5. The van der Waals surface area contributed by atoms with Gasteiger partial charge in [0.05, 0.1) is 10.7 Å². The molecule has 1 N–H and O–H groups in total. The second-order valence-corrected chi connectivity index (χ2v) is 5.88. The van der Waals surface area contributed by atoms with Gasteiger partial charge in [-0.1, -0.05) is 37.6 Å². The number of hydrogen-bond acceptors (Lipinski definition) is 3. The molecule has 2 rings (SSSR count). The van der Waals surface area contributed by atoms with E-state index in [4.69, 9.17) is 11.6 Å². The zero-order chi connectivity index (χ0) is 15.2. The fourth-order valence-corrected chi connectivity index (χ4v) is 2.89. The molecule has 1 atom stereocenters. The third-order valence-corrected chi connectivity index (χ3v) is 4.23. The molecular formula is C16H24ClN3O. The van der Waals surface area contributed by atoms with Crippen LogP contribution >= 0.6 is 11.6 Å². The summed E-state index contributed by atoms with van der Waals surface area (Å²) >= 11 is 6.23. The molecule has 1 aliphatic heterocycles. The molecule has 0 saturated carbocycles. The Morgan fingerprint density at radius 2 is 1.95 bits per heavy atom. The van der Waals surface area contributed by atoms with Crippen LogP contribution in [0.2, 0.25) is 5.02 Å². The maximum absolute atomic E-state index is 12.4. The van der Waals surface area contributed by atoms with E-state index < -0.39 is 0 Å². The molecule has 0 aliphatic carbocycles. The average Bonchev–Trinajstić information content (AvgIpc) is 2.52. The molecular weight excluding hydrogens is 286 g/mol. The Balaban J connectivity index is 1.88. The highest BCUT2D eigenvalue weighted by Crippen LogP contribution is 2.26. The van der Waals surface area contributed by atoms with Crippen molar-refractivity contribution in [2.75, 3.05) is 44.2 Å². The fraction of sp³-hybridized carbons (Fsp3) is 0.562. The van der Waals surface area contributed by atoms with Crippen LogP contribution in [-0.4, -0.2) is 50.1 Å². The second-order valence-electron chi connectivity index (χ2n) is 5.47. The van der Waals surface area contributed by atoms with E-state index in [1.165, 1.54) is 0 Å². The van der Waals surface area contributed by atoms with E-state index in [2.05, 4.69) is 17.1 Å². The van der Waals surface area contributed by atoms with Gasteiger partial charge in [-0.3, -0.25) is 4.79 Å². The van der Waals surface area contributed by atoms with Crippen molar-refractivity contribution in [3.63, 3.8) is 0 Å². The highest BCUT2D eigenvalue weighted by Gasteiger charge is 2.25. The molecule has 0 radical (unpaired) electrons. The lowest BCUT2D eigenvalue weighted by Gasteiger charge is -2.37. The Morgan fingerprint density at radius 3 is 2.57 bits per heavy atom. The van der Waals surface area contributed by atoms with Crippen molar-refractivity contribution in [3.05, 3.63) is 29.3 Å². The Morgan fingerprint density at radius 1 is 1.29 bits per heavy atom. The second kappa shape index (κ2) is 7.66. The Hall–Kier alpha value is -1.26. The van der Waals surface area contributed by atoms with E-state index in [1.54, 1.807) is 0 Å². The minimum Gasteiger partial charge on any atom is -0.367 e. The van der Waals surface area contributed by atoms with Crippen LogP contribution in [0, 0.1) is 5.92 Å². The molecule has 1 amide bonds. The molecule has 0 bridgehead atoms. The van der Waals surface area contributed by atoms with Crippen molar-refractivity contribution in [1.82, 2.24) is 10.2 Å². The van der Waals surface area contributed by atoms with E-state index in [0.717, 1.165) is 50.0 Å². The molecule has 5 heteroatoms. The molecule has 4 nitrogen and oxygen atoms in total. The number of para-hydroxylation sites is 1. The van der Waals surface area contributed by atoms with Crippen molar-refractivity contribution in [2.24, 2.45) is 5.92 Å². The number of carbonyl (C=O) groups is 1. The van der Waals surface area contributed by atoms with Crippen LogP contribution in [0.25, 0.3) is 0 Å². The topological polar surface area (TPSA) is 35.6 Å². The van der Waals surface area contributed by atoms with Gasteiger partial charge in [-0.25, -0.2) is 0 Å². The monoisotopic (exact) mass is 309 g/mol. The third-order valence-electron chi connectivity index (χ3n) is 3.91. The number of carbonyl (C=O) groups excluding carboxylic acids is 1. The maximum Gasteiger partial charge on any atom is 0.226 e. The maximum atomic E-state index is 12.4. The Bertz CT molecular complexity index is 472. The van der Waals surface area contributed by atoms with Crippen LogP contribution in [-0.2, 0) is 4.79 Å². The lowest BCUT2D eigenvalue weighted by atomic mass is 10.1. The number of hydrogen-bond donors (Lipinski definition) is 1. The van der Waals surface area contributed by atoms with Crippen LogP contribution in [0.5, 0.6) is 0 Å². The number of nitrogens with zero attached hydrogens (tertiary/aromatic N) is 2. The number of halogens is 1. The standard InChI is InChI=1S/C16H24ClN3O/c1-3-18-12-13(2)16(21)20-10-8-19(9-11-20)15-7-5-4-6-14(15)17/h4-7,13,18H,3,8-12H2,1-2H3. The Kier molecular flexibility index (Phi) is 5.88. The lowest BCUT2D eigenvalue weighted by molar-refractivity contribution is -0.135. The molecule has 1 aromatic rings. The van der Waals surface area contributed by atoms with E-state index in [-0.39, 0.29) is 11.8 Å². The first kappa shape index (κ1) is 16.1. The highest BCUT2D eigenvalue weighted by molar-refractivity contribution is 6.33. The van der Waals surface area contributed by atoms with Gasteiger partial charge in [-0.15, -0.1) is 0 Å². The van der Waals surface area contributed by atoms with E-state index in [0.29, 0.717) is 0 Å². The highest BCUT2D eigenvalue weighted by atomic mass is 35.5. The molecule has 1 aromatic carbocycles. The molecule has 21 heavy (non-hydrogen) atoms. The first-order valence-electron chi connectivity index (χ1n) is 7.62. The predicted octanol–water partition coefficient (Wildman–Crippen LogP) is 2.23. The molecule has 1 saturated heterocycles. The Labute approximate surface area is 132 Å². The van der Waals surface area contributed by atoms with Crippen molar-refractivity contribution in [1.29, 1.82) is 0 Å². The summed E-state index contributed by atoms with van der Waals surface area (Å²) in [6, 6.07) is 7.88. The largest absolute Gasteiger partial charge is 0.367 e. The van der Waals surface area contributed by atoms with Gasteiger partial charge in [-0.2, -0.15) is 0 Å².